The highest BCUT2D eigenvalue weighted by molar-refractivity contribution is 6.22. The Bertz CT molecular complexity index is 118. The Labute approximate surface area is 61.9 Å². The van der Waals surface area contributed by atoms with E-state index >= 15 is 0 Å². The first-order valence-electron chi connectivity index (χ1n) is 3.52. The second kappa shape index (κ2) is 2.74. The van der Waals surface area contributed by atoms with Gasteiger partial charge in [0.1, 0.15) is 0 Å². The minimum Gasteiger partial charge on any atom is -0.118 e. The van der Waals surface area contributed by atoms with Gasteiger partial charge in [0.05, 0.1) is 5.38 Å². The molecule has 0 aromatic rings. The summed E-state index contributed by atoms with van der Waals surface area (Å²) < 4.78 is 0. The molecule has 52 valence electrons. The first kappa shape index (κ1) is 7.14. The number of hydrogen-bond donors (Lipinski definition) is 0. The van der Waals surface area contributed by atoms with Gasteiger partial charge in [-0.25, -0.2) is 0 Å². The molecule has 1 heteroatoms. The first-order chi connectivity index (χ1) is 4.20. The summed E-state index contributed by atoms with van der Waals surface area (Å²) in [5.74, 6) is 1.39. The second-order valence-corrected chi connectivity index (χ2v) is 3.52. The molecular formula is C8H13Cl. The van der Waals surface area contributed by atoms with Crippen LogP contribution < -0.4 is 0 Å². The Morgan fingerprint density at radius 3 is 2.44 bits per heavy atom. The Morgan fingerprint density at radius 2 is 2.00 bits per heavy atom. The SMILES string of the molecule is CC1C=CC(Cl)C(C)C1. The van der Waals surface area contributed by atoms with E-state index in [2.05, 4.69) is 26.0 Å². The molecule has 0 aromatic heterocycles. The van der Waals surface area contributed by atoms with Crippen molar-refractivity contribution in [2.45, 2.75) is 25.6 Å². The van der Waals surface area contributed by atoms with Crippen LogP contribution in [-0.2, 0) is 0 Å². The lowest BCUT2D eigenvalue weighted by molar-refractivity contribution is 0.454. The van der Waals surface area contributed by atoms with Crippen molar-refractivity contribution in [3.8, 4) is 0 Å². The molecular weight excluding hydrogens is 132 g/mol. The van der Waals surface area contributed by atoms with Crippen molar-refractivity contribution in [3.63, 3.8) is 0 Å². The lowest BCUT2D eigenvalue weighted by Crippen LogP contribution is -2.16. The number of alkyl halides is 1. The van der Waals surface area contributed by atoms with E-state index in [1.807, 2.05) is 0 Å². The minimum atomic E-state index is 0.279. The van der Waals surface area contributed by atoms with E-state index in [0.717, 1.165) is 5.92 Å². The van der Waals surface area contributed by atoms with Crippen LogP contribution in [-0.4, -0.2) is 5.38 Å². The molecule has 3 unspecified atom stereocenters. The standard InChI is InChI=1S/C8H13Cl/c1-6-3-4-8(9)7(2)5-6/h3-4,6-8H,5H2,1-2H3. The Hall–Kier alpha value is 0.0300. The number of halogens is 1. The zero-order chi connectivity index (χ0) is 6.85. The van der Waals surface area contributed by atoms with Crippen molar-refractivity contribution in [1.82, 2.24) is 0 Å². The van der Waals surface area contributed by atoms with Crippen molar-refractivity contribution in [2.24, 2.45) is 11.8 Å². The number of rotatable bonds is 0. The maximum Gasteiger partial charge on any atom is 0.0541 e. The third-order valence-corrected chi connectivity index (χ3v) is 2.49. The van der Waals surface area contributed by atoms with E-state index < -0.39 is 0 Å². The van der Waals surface area contributed by atoms with Gasteiger partial charge < -0.3 is 0 Å². The Balaban J connectivity index is 2.54. The predicted molar refractivity (Wildman–Crippen MR) is 41.7 cm³/mol. The summed E-state index contributed by atoms with van der Waals surface area (Å²) in [6.07, 6.45) is 5.56. The molecule has 1 rings (SSSR count). The van der Waals surface area contributed by atoms with E-state index in [9.17, 15) is 0 Å². The van der Waals surface area contributed by atoms with Crippen LogP contribution >= 0.6 is 11.6 Å². The average Bonchev–Trinajstić information content (AvgIpc) is 1.80. The van der Waals surface area contributed by atoms with Crippen molar-refractivity contribution in [3.05, 3.63) is 12.2 Å². The summed E-state index contributed by atoms with van der Waals surface area (Å²) in [5, 5.41) is 0.279. The largest absolute Gasteiger partial charge is 0.118 e. The molecule has 0 nitrogen and oxygen atoms in total. The van der Waals surface area contributed by atoms with Gasteiger partial charge in [-0.05, 0) is 18.3 Å². The number of hydrogen-bond acceptors (Lipinski definition) is 0. The summed E-state index contributed by atoms with van der Waals surface area (Å²) in [6, 6.07) is 0. The van der Waals surface area contributed by atoms with Gasteiger partial charge in [0.2, 0.25) is 0 Å². The van der Waals surface area contributed by atoms with Gasteiger partial charge in [-0.3, -0.25) is 0 Å². The van der Waals surface area contributed by atoms with E-state index in [1.54, 1.807) is 0 Å². The van der Waals surface area contributed by atoms with Gasteiger partial charge in [0.25, 0.3) is 0 Å². The van der Waals surface area contributed by atoms with Crippen LogP contribution in [0.2, 0.25) is 0 Å². The van der Waals surface area contributed by atoms with Crippen LogP contribution in [0.15, 0.2) is 12.2 Å². The van der Waals surface area contributed by atoms with Crippen molar-refractivity contribution in [1.29, 1.82) is 0 Å². The molecule has 0 saturated carbocycles. The zero-order valence-corrected chi connectivity index (χ0v) is 6.73. The van der Waals surface area contributed by atoms with Gasteiger partial charge in [-0.2, -0.15) is 0 Å². The quantitative estimate of drug-likeness (QED) is 0.362. The normalized spacial score (nSPS) is 43.2. The molecule has 0 aliphatic heterocycles. The second-order valence-electron chi connectivity index (χ2n) is 3.02. The molecule has 0 spiro atoms. The third kappa shape index (κ3) is 1.72. The van der Waals surface area contributed by atoms with Gasteiger partial charge in [-0.1, -0.05) is 26.0 Å². The van der Waals surface area contributed by atoms with Gasteiger partial charge in [0, 0.05) is 0 Å². The Kier molecular flexibility index (Phi) is 2.18. The lowest BCUT2D eigenvalue weighted by atomic mass is 9.89. The van der Waals surface area contributed by atoms with E-state index in [0.29, 0.717) is 5.92 Å². The summed E-state index contributed by atoms with van der Waals surface area (Å²) in [5.41, 5.74) is 0. The van der Waals surface area contributed by atoms with Crippen molar-refractivity contribution >= 4 is 11.6 Å². The van der Waals surface area contributed by atoms with Crippen molar-refractivity contribution < 1.29 is 0 Å². The fourth-order valence-corrected chi connectivity index (χ4v) is 1.47. The fraction of sp³-hybridized carbons (Fsp3) is 0.750. The van der Waals surface area contributed by atoms with Crippen LogP contribution in [0.5, 0.6) is 0 Å². The van der Waals surface area contributed by atoms with Crippen LogP contribution in [0, 0.1) is 11.8 Å². The van der Waals surface area contributed by atoms with Gasteiger partial charge in [-0.15, -0.1) is 11.6 Å². The molecule has 3 atom stereocenters. The minimum absolute atomic E-state index is 0.279. The highest BCUT2D eigenvalue weighted by atomic mass is 35.5. The highest BCUT2D eigenvalue weighted by Gasteiger charge is 2.17. The predicted octanol–water partition coefficient (Wildman–Crippen LogP) is 2.83. The van der Waals surface area contributed by atoms with Gasteiger partial charge in [0.15, 0.2) is 0 Å². The maximum absolute atomic E-state index is 5.95. The van der Waals surface area contributed by atoms with Gasteiger partial charge >= 0.3 is 0 Å². The molecule has 0 radical (unpaired) electrons. The fourth-order valence-electron chi connectivity index (χ4n) is 1.28. The van der Waals surface area contributed by atoms with Crippen LogP contribution in [0.3, 0.4) is 0 Å². The number of allylic oxidation sites excluding steroid dienone is 2. The molecule has 0 heterocycles. The lowest BCUT2D eigenvalue weighted by Gasteiger charge is -2.22. The topological polar surface area (TPSA) is 0 Å². The third-order valence-electron chi connectivity index (χ3n) is 1.91. The average molecular weight is 145 g/mol. The van der Waals surface area contributed by atoms with E-state index in [1.165, 1.54) is 6.42 Å². The van der Waals surface area contributed by atoms with Crippen LogP contribution in [0.25, 0.3) is 0 Å². The van der Waals surface area contributed by atoms with Crippen LogP contribution in [0.1, 0.15) is 20.3 Å². The molecule has 1 aliphatic rings. The molecule has 0 N–H and O–H groups in total. The maximum atomic E-state index is 5.95. The Morgan fingerprint density at radius 1 is 1.33 bits per heavy atom. The molecule has 0 saturated heterocycles. The highest BCUT2D eigenvalue weighted by Crippen LogP contribution is 2.26. The molecule has 9 heavy (non-hydrogen) atoms. The summed E-state index contributed by atoms with van der Waals surface area (Å²) in [7, 11) is 0. The summed E-state index contributed by atoms with van der Waals surface area (Å²) >= 11 is 5.95. The summed E-state index contributed by atoms with van der Waals surface area (Å²) in [6.45, 7) is 4.44. The molecule has 0 aromatic carbocycles. The monoisotopic (exact) mass is 144 g/mol. The van der Waals surface area contributed by atoms with Crippen molar-refractivity contribution in [2.75, 3.05) is 0 Å². The zero-order valence-electron chi connectivity index (χ0n) is 5.97. The smallest absolute Gasteiger partial charge is 0.0541 e. The molecule has 1 aliphatic carbocycles. The van der Waals surface area contributed by atoms with E-state index in [-0.39, 0.29) is 5.38 Å². The summed E-state index contributed by atoms with van der Waals surface area (Å²) in [4.78, 5) is 0. The molecule has 0 bridgehead atoms. The molecule has 0 amide bonds. The first-order valence-corrected chi connectivity index (χ1v) is 3.96. The van der Waals surface area contributed by atoms with E-state index in [4.69, 9.17) is 11.6 Å². The molecule has 0 fully saturated rings. The van der Waals surface area contributed by atoms with Crippen LogP contribution in [0.4, 0.5) is 0 Å².